The molecule has 0 radical (unpaired) electrons. The van der Waals surface area contributed by atoms with Crippen LogP contribution >= 0.6 is 0 Å². The number of nitro groups is 2. The van der Waals surface area contributed by atoms with E-state index in [9.17, 15) is 28.6 Å². The average molecular weight is 434 g/mol. The lowest BCUT2D eigenvalue weighted by Crippen LogP contribution is -2.32. The molecule has 0 aliphatic carbocycles. The molecule has 11 heteroatoms. The maximum absolute atomic E-state index is 12.3. The number of nitrogens with one attached hydrogen (secondary N) is 1. The number of rotatable bonds is 9. The van der Waals surface area contributed by atoms with E-state index in [1.807, 2.05) is 6.07 Å². The monoisotopic (exact) mass is 434 g/mol. The van der Waals surface area contributed by atoms with Gasteiger partial charge < -0.3 is 0 Å². The quantitative estimate of drug-likeness (QED) is 0.364. The van der Waals surface area contributed by atoms with Gasteiger partial charge in [0, 0.05) is 43.9 Å². The van der Waals surface area contributed by atoms with Crippen molar-refractivity contribution in [3.8, 4) is 0 Å². The lowest BCUT2D eigenvalue weighted by molar-refractivity contribution is -0.385. The molecule has 0 bridgehead atoms. The zero-order valence-electron chi connectivity index (χ0n) is 16.2. The van der Waals surface area contributed by atoms with Crippen LogP contribution in [0.4, 0.5) is 11.4 Å². The summed E-state index contributed by atoms with van der Waals surface area (Å²) < 4.78 is 27.1. The maximum Gasteiger partial charge on any atom is 0.270 e. The molecule has 1 aliphatic heterocycles. The summed E-state index contributed by atoms with van der Waals surface area (Å²) in [4.78, 5) is 22.8. The topological polar surface area (TPSA) is 136 Å². The Kier molecular flexibility index (Phi) is 6.75. The smallest absolute Gasteiger partial charge is 0.270 e. The molecule has 0 aromatic heterocycles. The number of benzene rings is 2. The SMILES string of the molecule is O=[N+]([O-])c1cccc(S(=O)(=O)NCCCCN2CCc3ccc([N+](=O)[O-])cc3C2)c1. The molecular weight excluding hydrogens is 412 g/mol. The predicted molar refractivity (Wildman–Crippen MR) is 110 cm³/mol. The van der Waals surface area contributed by atoms with Crippen LogP contribution in [-0.4, -0.2) is 42.8 Å². The van der Waals surface area contributed by atoms with E-state index >= 15 is 0 Å². The Balaban J connectivity index is 1.46. The molecule has 0 fully saturated rings. The Bertz CT molecular complexity index is 1060. The highest BCUT2D eigenvalue weighted by molar-refractivity contribution is 7.89. The van der Waals surface area contributed by atoms with Crippen molar-refractivity contribution in [2.75, 3.05) is 19.6 Å². The molecule has 0 atom stereocenters. The van der Waals surface area contributed by atoms with Crippen LogP contribution in [0.3, 0.4) is 0 Å². The molecule has 1 N–H and O–H groups in total. The number of nitro benzene ring substituents is 2. The van der Waals surface area contributed by atoms with Crippen molar-refractivity contribution in [2.24, 2.45) is 0 Å². The molecule has 30 heavy (non-hydrogen) atoms. The lowest BCUT2D eigenvalue weighted by Gasteiger charge is -2.28. The zero-order valence-corrected chi connectivity index (χ0v) is 17.0. The van der Waals surface area contributed by atoms with Crippen LogP contribution in [0.2, 0.25) is 0 Å². The predicted octanol–water partition coefficient (Wildman–Crippen LogP) is 2.62. The van der Waals surface area contributed by atoms with E-state index in [4.69, 9.17) is 0 Å². The molecule has 1 heterocycles. The molecule has 10 nitrogen and oxygen atoms in total. The molecule has 1 aliphatic rings. The number of nitrogens with zero attached hydrogens (tertiary/aromatic N) is 3. The minimum atomic E-state index is -3.81. The van der Waals surface area contributed by atoms with Gasteiger partial charge in [0.1, 0.15) is 0 Å². The van der Waals surface area contributed by atoms with Gasteiger partial charge in [-0.25, -0.2) is 13.1 Å². The van der Waals surface area contributed by atoms with Gasteiger partial charge in [0.05, 0.1) is 14.7 Å². The van der Waals surface area contributed by atoms with Crippen LogP contribution in [-0.2, 0) is 23.0 Å². The van der Waals surface area contributed by atoms with E-state index in [0.717, 1.165) is 43.1 Å². The van der Waals surface area contributed by atoms with Crippen molar-refractivity contribution in [1.82, 2.24) is 9.62 Å². The molecule has 160 valence electrons. The summed E-state index contributed by atoms with van der Waals surface area (Å²) >= 11 is 0. The summed E-state index contributed by atoms with van der Waals surface area (Å²) in [5, 5.41) is 21.8. The fourth-order valence-electron chi connectivity index (χ4n) is 3.42. The van der Waals surface area contributed by atoms with E-state index in [0.29, 0.717) is 13.0 Å². The van der Waals surface area contributed by atoms with E-state index in [1.165, 1.54) is 24.3 Å². The highest BCUT2D eigenvalue weighted by Gasteiger charge is 2.19. The highest BCUT2D eigenvalue weighted by Crippen LogP contribution is 2.24. The zero-order chi connectivity index (χ0) is 21.7. The van der Waals surface area contributed by atoms with Crippen LogP contribution in [0.5, 0.6) is 0 Å². The van der Waals surface area contributed by atoms with Gasteiger partial charge in [-0.2, -0.15) is 0 Å². The van der Waals surface area contributed by atoms with E-state index in [-0.39, 0.29) is 22.8 Å². The number of non-ortho nitro benzene ring substituents is 2. The normalized spacial score (nSPS) is 14.3. The summed E-state index contributed by atoms with van der Waals surface area (Å²) in [5.41, 5.74) is 1.90. The van der Waals surface area contributed by atoms with Gasteiger partial charge in [-0.3, -0.25) is 25.1 Å². The maximum atomic E-state index is 12.3. The van der Waals surface area contributed by atoms with E-state index < -0.39 is 19.9 Å². The van der Waals surface area contributed by atoms with Gasteiger partial charge in [-0.15, -0.1) is 0 Å². The number of hydrogen-bond acceptors (Lipinski definition) is 7. The third-order valence-electron chi connectivity index (χ3n) is 5.02. The van der Waals surface area contributed by atoms with E-state index in [1.54, 1.807) is 6.07 Å². The first-order valence-corrected chi connectivity index (χ1v) is 11.0. The number of hydrogen-bond donors (Lipinski definition) is 1. The molecule has 2 aromatic rings. The lowest BCUT2D eigenvalue weighted by atomic mass is 9.99. The molecule has 3 rings (SSSR count). The van der Waals surface area contributed by atoms with Crippen molar-refractivity contribution >= 4 is 21.4 Å². The van der Waals surface area contributed by atoms with E-state index in [2.05, 4.69) is 9.62 Å². The Morgan fingerprint density at radius 1 is 0.967 bits per heavy atom. The molecule has 2 aromatic carbocycles. The van der Waals surface area contributed by atoms with Crippen molar-refractivity contribution in [2.45, 2.75) is 30.7 Å². The second-order valence-corrected chi connectivity index (χ2v) is 8.86. The number of unbranched alkanes of at least 4 members (excludes halogenated alkanes) is 1. The first-order valence-electron chi connectivity index (χ1n) is 9.49. The molecule has 0 saturated heterocycles. The van der Waals surface area contributed by atoms with Gasteiger partial charge in [0.25, 0.3) is 11.4 Å². The first-order chi connectivity index (χ1) is 14.3. The van der Waals surface area contributed by atoms with Crippen molar-refractivity contribution < 1.29 is 18.3 Å². The standard InChI is InChI=1S/C19H22N4O6S/c24-22(25)17-4-3-5-19(13-17)30(28,29)20-9-1-2-10-21-11-8-15-6-7-18(23(26)27)12-16(15)14-21/h3-7,12-13,20H,1-2,8-11,14H2. The van der Waals surface area contributed by atoms with Gasteiger partial charge in [-0.1, -0.05) is 12.1 Å². The van der Waals surface area contributed by atoms with Crippen LogP contribution in [0.15, 0.2) is 47.4 Å². The molecule has 0 spiro atoms. The minimum Gasteiger partial charge on any atom is -0.299 e. The van der Waals surface area contributed by atoms with Gasteiger partial charge in [0.15, 0.2) is 0 Å². The fraction of sp³-hybridized carbons (Fsp3) is 0.368. The largest absolute Gasteiger partial charge is 0.299 e. The third-order valence-corrected chi connectivity index (χ3v) is 6.48. The van der Waals surface area contributed by atoms with Gasteiger partial charge >= 0.3 is 0 Å². The van der Waals surface area contributed by atoms with Crippen LogP contribution in [0.1, 0.15) is 24.0 Å². The molecule has 0 unspecified atom stereocenters. The molecule has 0 saturated carbocycles. The number of fused-ring (bicyclic) bond motifs is 1. The van der Waals surface area contributed by atoms with Crippen LogP contribution in [0.25, 0.3) is 0 Å². The summed E-state index contributed by atoms with van der Waals surface area (Å²) in [7, 11) is -3.81. The summed E-state index contributed by atoms with van der Waals surface area (Å²) in [6.07, 6.45) is 2.18. The molecular formula is C19H22N4O6S. The summed E-state index contributed by atoms with van der Waals surface area (Å²) in [5.74, 6) is 0. The third kappa shape index (κ3) is 5.38. The van der Waals surface area contributed by atoms with Crippen molar-refractivity contribution in [1.29, 1.82) is 0 Å². The summed E-state index contributed by atoms with van der Waals surface area (Å²) in [6.45, 7) is 2.46. The van der Waals surface area contributed by atoms with Crippen molar-refractivity contribution in [3.05, 3.63) is 73.8 Å². The average Bonchev–Trinajstić information content (AvgIpc) is 2.73. The van der Waals surface area contributed by atoms with Gasteiger partial charge in [-0.05, 0) is 43.0 Å². The van der Waals surface area contributed by atoms with Crippen LogP contribution < -0.4 is 4.72 Å². The Labute approximate surface area is 173 Å². The Morgan fingerprint density at radius 2 is 1.70 bits per heavy atom. The number of sulfonamides is 1. The second kappa shape index (κ2) is 9.28. The second-order valence-electron chi connectivity index (χ2n) is 7.10. The molecule has 0 amide bonds. The van der Waals surface area contributed by atoms with Gasteiger partial charge in [0.2, 0.25) is 10.0 Å². The summed E-state index contributed by atoms with van der Waals surface area (Å²) in [6, 6.07) is 9.89. The minimum absolute atomic E-state index is 0.0890. The van der Waals surface area contributed by atoms with Crippen LogP contribution in [0, 0.1) is 20.2 Å². The Hall–Kier alpha value is -2.89. The Morgan fingerprint density at radius 3 is 2.43 bits per heavy atom. The first kappa shape index (κ1) is 21.8. The fourth-order valence-corrected chi connectivity index (χ4v) is 4.53. The van der Waals surface area contributed by atoms with Crippen molar-refractivity contribution in [3.63, 3.8) is 0 Å². The highest BCUT2D eigenvalue weighted by atomic mass is 32.2.